The Labute approximate surface area is 349 Å². The van der Waals surface area contributed by atoms with Gasteiger partial charge in [0.25, 0.3) is 0 Å². The van der Waals surface area contributed by atoms with E-state index in [0.29, 0.717) is 0 Å². The van der Waals surface area contributed by atoms with Gasteiger partial charge in [-0.2, -0.15) is 0 Å². The quantitative estimate of drug-likeness (QED) is 0.162. The first-order valence-electron chi connectivity index (χ1n) is 20.6. The summed E-state index contributed by atoms with van der Waals surface area (Å²) >= 11 is 0. The lowest BCUT2D eigenvalue weighted by atomic mass is 9.66. The zero-order chi connectivity index (χ0) is 39.7. The molecule has 0 N–H and O–H groups in total. The first kappa shape index (κ1) is 34.3. The first-order valence-corrected chi connectivity index (χ1v) is 20.6. The van der Waals surface area contributed by atoms with Crippen LogP contribution in [0.25, 0.3) is 33.4 Å². The summed E-state index contributed by atoms with van der Waals surface area (Å²) in [6.45, 7) is 0. The van der Waals surface area contributed by atoms with E-state index in [1.807, 2.05) is 12.3 Å². The number of benzene rings is 8. The van der Waals surface area contributed by atoms with Gasteiger partial charge in [0.1, 0.15) is 5.52 Å². The molecule has 60 heavy (non-hydrogen) atoms. The normalized spacial score (nSPS) is 13.9. The van der Waals surface area contributed by atoms with E-state index in [0.717, 1.165) is 28.2 Å². The van der Waals surface area contributed by atoms with Crippen LogP contribution in [0.15, 0.2) is 235 Å². The lowest BCUT2D eigenvalue weighted by molar-refractivity contribution is 0.615. The van der Waals surface area contributed by atoms with Crippen LogP contribution in [0.5, 0.6) is 0 Å². The zero-order valence-corrected chi connectivity index (χ0v) is 32.7. The molecule has 282 valence electrons. The van der Waals surface area contributed by atoms with Crippen molar-refractivity contribution in [1.82, 2.24) is 4.98 Å². The predicted octanol–water partition coefficient (Wildman–Crippen LogP) is 14.0. The van der Waals surface area contributed by atoms with E-state index in [1.165, 1.54) is 66.8 Å². The topological polar surface area (TPSA) is 29.3 Å². The highest BCUT2D eigenvalue weighted by Crippen LogP contribution is 2.63. The second kappa shape index (κ2) is 13.4. The van der Waals surface area contributed by atoms with Gasteiger partial charge in [-0.05, 0) is 67.8 Å². The highest BCUT2D eigenvalue weighted by molar-refractivity contribution is 5.99. The Morgan fingerprint density at radius 1 is 0.383 bits per heavy atom. The highest BCUT2D eigenvalue weighted by atomic mass is 16.3. The average molecular weight is 767 g/mol. The van der Waals surface area contributed by atoms with Crippen LogP contribution in [0, 0.1) is 0 Å². The minimum absolute atomic E-state index is 0.650. The van der Waals surface area contributed by atoms with Gasteiger partial charge in [-0.15, -0.1) is 0 Å². The van der Waals surface area contributed by atoms with Gasteiger partial charge < -0.3 is 9.32 Å². The minimum atomic E-state index is -0.650. The number of anilines is 3. The molecular weight excluding hydrogens is 729 g/mol. The van der Waals surface area contributed by atoms with E-state index < -0.39 is 10.8 Å². The van der Waals surface area contributed by atoms with Gasteiger partial charge in [-0.25, -0.2) is 0 Å². The van der Waals surface area contributed by atoms with E-state index in [-0.39, 0.29) is 0 Å². The molecule has 2 aliphatic carbocycles. The largest absolute Gasteiger partial charge is 0.463 e. The van der Waals surface area contributed by atoms with Gasteiger partial charge in [0.05, 0.1) is 40.4 Å². The molecule has 0 saturated heterocycles. The van der Waals surface area contributed by atoms with Crippen molar-refractivity contribution in [1.29, 1.82) is 0 Å². The standard InChI is InChI=1S/C57H38N2O/c1-5-19-39(20-6-1)56(40-21-7-2-8-22-40)48-31-15-13-27-44(48)46-29-17-33-51(54(46)56)59(43-37-53-50(58-38-43)35-36-60-53)52-34-18-30-47-45-28-14-16-32-49(45)57(55(47)52,41-23-9-3-10-24-41)42-25-11-4-12-26-42/h1-38H. The number of nitrogens with zero attached hydrogens (tertiary/aromatic N) is 2. The number of aromatic nitrogens is 1. The van der Waals surface area contributed by atoms with Crippen molar-refractivity contribution in [2.45, 2.75) is 10.8 Å². The maximum absolute atomic E-state index is 6.14. The van der Waals surface area contributed by atoms with Gasteiger partial charge in [0, 0.05) is 23.3 Å². The molecular formula is C57H38N2O. The van der Waals surface area contributed by atoms with Crippen LogP contribution in [-0.4, -0.2) is 4.98 Å². The fourth-order valence-corrected chi connectivity index (χ4v) is 10.7. The van der Waals surface area contributed by atoms with Crippen molar-refractivity contribution < 1.29 is 4.42 Å². The van der Waals surface area contributed by atoms with Crippen molar-refractivity contribution in [3.05, 3.63) is 275 Å². The fourth-order valence-electron chi connectivity index (χ4n) is 10.7. The van der Waals surface area contributed by atoms with E-state index >= 15 is 0 Å². The molecule has 3 nitrogen and oxygen atoms in total. The van der Waals surface area contributed by atoms with Crippen LogP contribution in [0.2, 0.25) is 0 Å². The van der Waals surface area contributed by atoms with Crippen LogP contribution in [-0.2, 0) is 10.8 Å². The number of furan rings is 1. The Morgan fingerprint density at radius 3 is 1.23 bits per heavy atom. The van der Waals surface area contributed by atoms with Crippen molar-refractivity contribution in [3.8, 4) is 22.3 Å². The van der Waals surface area contributed by atoms with Gasteiger partial charge in [0.2, 0.25) is 0 Å². The average Bonchev–Trinajstić information content (AvgIpc) is 4.01. The van der Waals surface area contributed by atoms with Crippen molar-refractivity contribution >= 4 is 28.2 Å². The second-order valence-electron chi connectivity index (χ2n) is 15.8. The Hall–Kier alpha value is -7.75. The number of rotatable bonds is 7. The molecule has 0 bridgehead atoms. The van der Waals surface area contributed by atoms with Crippen molar-refractivity contribution in [2.24, 2.45) is 0 Å². The maximum atomic E-state index is 6.14. The molecule has 0 saturated carbocycles. The van der Waals surface area contributed by atoms with Gasteiger partial charge in [-0.3, -0.25) is 4.98 Å². The molecule has 0 aliphatic heterocycles. The molecule has 0 unspecified atom stereocenters. The highest BCUT2D eigenvalue weighted by Gasteiger charge is 2.51. The van der Waals surface area contributed by atoms with Gasteiger partial charge >= 0.3 is 0 Å². The van der Waals surface area contributed by atoms with E-state index in [2.05, 4.69) is 217 Å². The maximum Gasteiger partial charge on any atom is 0.154 e. The lowest BCUT2D eigenvalue weighted by Crippen LogP contribution is -2.32. The third kappa shape index (κ3) is 4.69. The van der Waals surface area contributed by atoms with E-state index in [1.54, 1.807) is 6.26 Å². The Balaban J connectivity index is 1.26. The van der Waals surface area contributed by atoms with E-state index in [4.69, 9.17) is 9.40 Å². The summed E-state index contributed by atoms with van der Waals surface area (Å²) in [5.41, 5.74) is 18.0. The van der Waals surface area contributed by atoms with Gasteiger partial charge in [0.15, 0.2) is 5.58 Å². The smallest absolute Gasteiger partial charge is 0.154 e. The number of fused-ring (bicyclic) bond motifs is 7. The summed E-state index contributed by atoms with van der Waals surface area (Å²) in [6, 6.07) is 79.9. The Morgan fingerprint density at radius 2 is 0.783 bits per heavy atom. The molecule has 0 spiro atoms. The first-order chi connectivity index (χ1) is 29.8. The molecule has 2 aromatic heterocycles. The fraction of sp³-hybridized carbons (Fsp3) is 0.0351. The SMILES string of the molecule is c1ccc(C2(c3ccccc3)c3ccccc3-c3cccc(N(c4cnc5ccoc5c4)c4cccc5c4C(c4ccccc4)(c4ccccc4)c4ccccc4-5)c32)cc1. The lowest BCUT2D eigenvalue weighted by Gasteiger charge is -2.40. The third-order valence-corrected chi connectivity index (χ3v) is 12.9. The number of hydrogen-bond acceptors (Lipinski definition) is 3. The summed E-state index contributed by atoms with van der Waals surface area (Å²) in [7, 11) is 0. The zero-order valence-electron chi connectivity index (χ0n) is 32.7. The molecule has 0 amide bonds. The second-order valence-corrected chi connectivity index (χ2v) is 15.8. The molecule has 12 rings (SSSR count). The van der Waals surface area contributed by atoms with Crippen LogP contribution in [0.3, 0.4) is 0 Å². The summed E-state index contributed by atoms with van der Waals surface area (Å²) in [5.74, 6) is 0. The molecule has 2 aliphatic rings. The van der Waals surface area contributed by atoms with Crippen molar-refractivity contribution in [3.63, 3.8) is 0 Å². The summed E-state index contributed by atoms with van der Waals surface area (Å²) in [6.07, 6.45) is 3.74. The summed E-state index contributed by atoms with van der Waals surface area (Å²) in [4.78, 5) is 7.53. The van der Waals surface area contributed by atoms with Crippen LogP contribution >= 0.6 is 0 Å². The van der Waals surface area contributed by atoms with E-state index in [9.17, 15) is 0 Å². The predicted molar refractivity (Wildman–Crippen MR) is 243 cm³/mol. The molecule has 3 heteroatoms. The number of pyridine rings is 1. The Bertz CT molecular complexity index is 2950. The number of hydrogen-bond donors (Lipinski definition) is 0. The monoisotopic (exact) mass is 766 g/mol. The summed E-state index contributed by atoms with van der Waals surface area (Å²) in [5, 5.41) is 0. The van der Waals surface area contributed by atoms with Crippen LogP contribution in [0.4, 0.5) is 17.1 Å². The van der Waals surface area contributed by atoms with Crippen LogP contribution < -0.4 is 4.90 Å². The van der Waals surface area contributed by atoms with Crippen LogP contribution in [0.1, 0.15) is 44.5 Å². The molecule has 0 radical (unpaired) electrons. The van der Waals surface area contributed by atoms with Crippen molar-refractivity contribution in [2.75, 3.05) is 4.90 Å². The third-order valence-electron chi connectivity index (χ3n) is 12.9. The summed E-state index contributed by atoms with van der Waals surface area (Å²) < 4.78 is 6.14. The molecule has 0 fully saturated rings. The minimum Gasteiger partial charge on any atom is -0.463 e. The molecule has 10 aromatic rings. The molecule has 0 atom stereocenters. The Kier molecular flexibility index (Phi) is 7.66. The van der Waals surface area contributed by atoms with Gasteiger partial charge in [-0.1, -0.05) is 194 Å². The molecule has 8 aromatic carbocycles. The molecule has 2 heterocycles.